The standard InChI is InChI=1S/C18H17NO7/c1-3-16(21)26-14-7-4-10(8-15(14)25-2)17(22)19-13-6-5-11(20)9-12(13)18(23)24/h4-9,20H,3H2,1-2H3,(H,19,22)(H,23,24). The Morgan fingerprint density at radius 1 is 1.08 bits per heavy atom. The first-order chi connectivity index (χ1) is 12.3. The molecule has 136 valence electrons. The van der Waals surface area contributed by atoms with Crippen LogP contribution in [0.1, 0.15) is 34.1 Å². The molecule has 1 amide bonds. The van der Waals surface area contributed by atoms with E-state index in [0.717, 1.165) is 6.07 Å². The zero-order chi connectivity index (χ0) is 19.3. The fourth-order valence-electron chi connectivity index (χ4n) is 2.10. The third-order valence-electron chi connectivity index (χ3n) is 3.42. The van der Waals surface area contributed by atoms with Crippen LogP contribution < -0.4 is 14.8 Å². The molecule has 0 aliphatic carbocycles. The maximum atomic E-state index is 12.4. The Morgan fingerprint density at radius 2 is 1.81 bits per heavy atom. The van der Waals surface area contributed by atoms with Gasteiger partial charge < -0.3 is 25.0 Å². The molecule has 8 nitrogen and oxygen atoms in total. The fraction of sp³-hybridized carbons (Fsp3) is 0.167. The highest BCUT2D eigenvalue weighted by molar-refractivity contribution is 6.08. The SMILES string of the molecule is CCC(=O)Oc1ccc(C(=O)Nc2ccc(O)cc2C(=O)O)cc1OC. The first-order valence-electron chi connectivity index (χ1n) is 7.62. The van der Waals surface area contributed by atoms with E-state index >= 15 is 0 Å². The Kier molecular flexibility index (Phi) is 5.79. The Labute approximate surface area is 149 Å². The van der Waals surface area contributed by atoms with E-state index in [1.165, 1.54) is 37.4 Å². The summed E-state index contributed by atoms with van der Waals surface area (Å²) >= 11 is 0. The van der Waals surface area contributed by atoms with Gasteiger partial charge >= 0.3 is 11.9 Å². The lowest BCUT2D eigenvalue weighted by Gasteiger charge is -2.12. The molecule has 2 aromatic rings. The van der Waals surface area contributed by atoms with E-state index in [2.05, 4.69) is 5.32 Å². The third-order valence-corrected chi connectivity index (χ3v) is 3.42. The number of rotatable bonds is 6. The molecule has 0 saturated heterocycles. The number of carbonyl (C=O) groups excluding carboxylic acids is 2. The Bertz CT molecular complexity index is 861. The maximum Gasteiger partial charge on any atom is 0.337 e. The van der Waals surface area contributed by atoms with Crippen molar-refractivity contribution in [1.29, 1.82) is 0 Å². The van der Waals surface area contributed by atoms with Crippen LogP contribution in [-0.4, -0.2) is 35.2 Å². The number of aromatic hydroxyl groups is 1. The molecule has 0 bridgehead atoms. The van der Waals surface area contributed by atoms with E-state index in [1.54, 1.807) is 6.92 Å². The van der Waals surface area contributed by atoms with Crippen molar-refractivity contribution in [2.75, 3.05) is 12.4 Å². The van der Waals surface area contributed by atoms with Crippen LogP contribution in [-0.2, 0) is 4.79 Å². The van der Waals surface area contributed by atoms with Gasteiger partial charge in [-0.15, -0.1) is 0 Å². The zero-order valence-electron chi connectivity index (χ0n) is 14.1. The highest BCUT2D eigenvalue weighted by atomic mass is 16.6. The summed E-state index contributed by atoms with van der Waals surface area (Å²) in [4.78, 5) is 35.0. The number of ether oxygens (including phenoxy) is 2. The molecule has 0 heterocycles. The number of esters is 1. The Morgan fingerprint density at radius 3 is 2.42 bits per heavy atom. The van der Waals surface area contributed by atoms with E-state index < -0.39 is 17.8 Å². The molecule has 0 unspecified atom stereocenters. The van der Waals surface area contributed by atoms with Crippen molar-refractivity contribution < 1.29 is 34.1 Å². The van der Waals surface area contributed by atoms with Gasteiger partial charge in [-0.25, -0.2) is 4.79 Å². The lowest BCUT2D eigenvalue weighted by molar-refractivity contribution is -0.134. The van der Waals surface area contributed by atoms with Crippen LogP contribution in [0, 0.1) is 0 Å². The fourth-order valence-corrected chi connectivity index (χ4v) is 2.10. The van der Waals surface area contributed by atoms with Crippen molar-refractivity contribution >= 4 is 23.5 Å². The van der Waals surface area contributed by atoms with Crippen LogP contribution in [0.4, 0.5) is 5.69 Å². The average molecular weight is 359 g/mol. The maximum absolute atomic E-state index is 12.4. The number of phenolic OH excluding ortho intramolecular Hbond substituents is 1. The van der Waals surface area contributed by atoms with Gasteiger partial charge in [-0.05, 0) is 36.4 Å². The van der Waals surface area contributed by atoms with Crippen molar-refractivity contribution in [3.05, 3.63) is 47.5 Å². The van der Waals surface area contributed by atoms with Crippen LogP contribution in [0.25, 0.3) is 0 Å². The van der Waals surface area contributed by atoms with Gasteiger partial charge in [-0.1, -0.05) is 6.92 Å². The monoisotopic (exact) mass is 359 g/mol. The van der Waals surface area contributed by atoms with Crippen LogP contribution in [0.5, 0.6) is 17.2 Å². The quantitative estimate of drug-likeness (QED) is 0.412. The predicted octanol–water partition coefficient (Wildman–Crippen LogP) is 2.67. The van der Waals surface area contributed by atoms with Crippen LogP contribution in [0.2, 0.25) is 0 Å². The number of nitrogens with one attached hydrogen (secondary N) is 1. The van der Waals surface area contributed by atoms with E-state index in [4.69, 9.17) is 14.6 Å². The van der Waals surface area contributed by atoms with Crippen molar-refractivity contribution in [3.63, 3.8) is 0 Å². The molecule has 2 rings (SSSR count). The largest absolute Gasteiger partial charge is 0.508 e. The summed E-state index contributed by atoms with van der Waals surface area (Å²) in [5, 5.41) is 21.0. The van der Waals surface area contributed by atoms with Crippen LogP contribution >= 0.6 is 0 Å². The number of hydrogen-bond donors (Lipinski definition) is 3. The summed E-state index contributed by atoms with van der Waals surface area (Å²) in [5.41, 5.74) is -0.0536. The number of benzene rings is 2. The van der Waals surface area contributed by atoms with Gasteiger partial charge in [0.25, 0.3) is 5.91 Å². The third kappa shape index (κ3) is 4.29. The number of amides is 1. The van der Waals surface area contributed by atoms with E-state index in [0.29, 0.717) is 0 Å². The van der Waals surface area contributed by atoms with Gasteiger partial charge in [0.05, 0.1) is 18.4 Å². The molecule has 0 fully saturated rings. The second-order valence-corrected chi connectivity index (χ2v) is 5.18. The zero-order valence-corrected chi connectivity index (χ0v) is 14.1. The predicted molar refractivity (Wildman–Crippen MR) is 91.9 cm³/mol. The first-order valence-corrected chi connectivity index (χ1v) is 7.62. The topological polar surface area (TPSA) is 122 Å². The molecular weight excluding hydrogens is 342 g/mol. The van der Waals surface area contributed by atoms with Crippen molar-refractivity contribution in [1.82, 2.24) is 0 Å². The van der Waals surface area contributed by atoms with Crippen LogP contribution in [0.15, 0.2) is 36.4 Å². The summed E-state index contributed by atoms with van der Waals surface area (Å²) in [6, 6.07) is 7.77. The van der Waals surface area contributed by atoms with Crippen molar-refractivity contribution in [3.8, 4) is 17.2 Å². The molecule has 0 atom stereocenters. The van der Waals surface area contributed by atoms with E-state index in [-0.39, 0.29) is 40.5 Å². The number of hydrogen-bond acceptors (Lipinski definition) is 6. The van der Waals surface area contributed by atoms with Gasteiger partial charge in [-0.2, -0.15) is 0 Å². The number of aromatic carboxylic acids is 1. The second-order valence-electron chi connectivity index (χ2n) is 5.18. The van der Waals surface area contributed by atoms with Gasteiger partial charge in [0, 0.05) is 12.0 Å². The second kappa shape index (κ2) is 8.02. The summed E-state index contributed by atoms with van der Waals surface area (Å²) in [6.45, 7) is 1.65. The Balaban J connectivity index is 2.28. The van der Waals surface area contributed by atoms with Gasteiger partial charge in [0.15, 0.2) is 11.5 Å². The van der Waals surface area contributed by atoms with Gasteiger partial charge in [0.1, 0.15) is 5.75 Å². The van der Waals surface area contributed by atoms with Crippen LogP contribution in [0.3, 0.4) is 0 Å². The number of phenols is 1. The molecule has 3 N–H and O–H groups in total. The molecule has 0 aromatic heterocycles. The van der Waals surface area contributed by atoms with E-state index in [1.807, 2.05) is 0 Å². The molecular formula is C18H17NO7. The average Bonchev–Trinajstić information content (AvgIpc) is 2.62. The molecule has 2 aromatic carbocycles. The Hall–Kier alpha value is -3.55. The van der Waals surface area contributed by atoms with Gasteiger partial charge in [0.2, 0.25) is 0 Å². The summed E-state index contributed by atoms with van der Waals surface area (Å²) in [6.07, 6.45) is 0.185. The minimum Gasteiger partial charge on any atom is -0.508 e. The molecule has 0 aliphatic heterocycles. The number of carbonyl (C=O) groups is 3. The lowest BCUT2D eigenvalue weighted by Crippen LogP contribution is -2.15. The normalized spacial score (nSPS) is 10.1. The van der Waals surface area contributed by atoms with Crippen molar-refractivity contribution in [2.45, 2.75) is 13.3 Å². The molecule has 0 spiro atoms. The number of methoxy groups -OCH3 is 1. The first kappa shape index (κ1) is 18.8. The highest BCUT2D eigenvalue weighted by Gasteiger charge is 2.17. The number of carboxylic acids is 1. The highest BCUT2D eigenvalue weighted by Crippen LogP contribution is 2.29. The minimum atomic E-state index is -1.30. The van der Waals surface area contributed by atoms with Gasteiger partial charge in [-0.3, -0.25) is 9.59 Å². The summed E-state index contributed by atoms with van der Waals surface area (Å²) in [5.74, 6) is -2.21. The molecule has 0 aliphatic rings. The number of anilines is 1. The number of carboxylic acid groups (broad SMARTS) is 1. The summed E-state index contributed by atoms with van der Waals surface area (Å²) in [7, 11) is 1.36. The van der Waals surface area contributed by atoms with Crippen molar-refractivity contribution in [2.24, 2.45) is 0 Å². The molecule has 0 radical (unpaired) electrons. The molecule has 26 heavy (non-hydrogen) atoms. The van der Waals surface area contributed by atoms with E-state index in [9.17, 15) is 19.5 Å². The smallest absolute Gasteiger partial charge is 0.337 e. The molecule has 8 heteroatoms. The summed E-state index contributed by atoms with van der Waals surface area (Å²) < 4.78 is 10.2. The molecule has 0 saturated carbocycles. The minimum absolute atomic E-state index is 0.0285. The lowest BCUT2D eigenvalue weighted by atomic mass is 10.1.